The molecule has 0 fully saturated rings. The van der Waals surface area contributed by atoms with Crippen LogP contribution >= 0.6 is 0 Å². The number of rotatable bonds is 9. The molecule has 0 atom stereocenters. The monoisotopic (exact) mass is 250 g/mol. The van der Waals surface area contributed by atoms with Gasteiger partial charge in [0.15, 0.2) is 0 Å². The molecule has 0 rings (SSSR count). The van der Waals surface area contributed by atoms with Crippen molar-refractivity contribution < 1.29 is 8.42 Å². The summed E-state index contributed by atoms with van der Waals surface area (Å²) in [5.74, 6) is 0.155. The molecule has 0 saturated heterocycles. The molecule has 0 bridgehead atoms. The molecule has 2 N–H and O–H groups in total. The maximum absolute atomic E-state index is 11.8. The lowest BCUT2D eigenvalue weighted by molar-refractivity contribution is 0.388. The number of nitrogens with one attached hydrogen (secondary N) is 2. The molecule has 0 aliphatic heterocycles. The van der Waals surface area contributed by atoms with Crippen molar-refractivity contribution in [1.82, 2.24) is 10.0 Å². The van der Waals surface area contributed by atoms with Crippen LogP contribution in [-0.4, -0.2) is 32.8 Å². The Labute approximate surface area is 100 Å². The Morgan fingerprint density at radius 2 is 1.62 bits per heavy atom. The van der Waals surface area contributed by atoms with Crippen LogP contribution in [0.15, 0.2) is 0 Å². The van der Waals surface area contributed by atoms with Gasteiger partial charge in [0.1, 0.15) is 0 Å². The average Bonchev–Trinajstić information content (AvgIpc) is 2.24. The first-order chi connectivity index (χ1) is 7.39. The first-order valence-electron chi connectivity index (χ1n) is 6.11. The van der Waals surface area contributed by atoms with E-state index in [0.717, 1.165) is 25.8 Å². The molecule has 0 saturated carbocycles. The summed E-state index contributed by atoms with van der Waals surface area (Å²) >= 11 is 0. The van der Waals surface area contributed by atoms with Gasteiger partial charge in [0.2, 0.25) is 10.0 Å². The highest BCUT2D eigenvalue weighted by Crippen LogP contribution is 2.14. The van der Waals surface area contributed by atoms with Gasteiger partial charge in [0.05, 0.1) is 5.75 Å². The Morgan fingerprint density at radius 1 is 1.06 bits per heavy atom. The molecule has 0 aliphatic carbocycles. The highest BCUT2D eigenvalue weighted by atomic mass is 32.2. The second kappa shape index (κ2) is 7.25. The van der Waals surface area contributed by atoms with Gasteiger partial charge < -0.3 is 5.32 Å². The van der Waals surface area contributed by atoms with Crippen molar-refractivity contribution in [2.24, 2.45) is 0 Å². The topological polar surface area (TPSA) is 58.2 Å². The van der Waals surface area contributed by atoms with Crippen molar-refractivity contribution in [3.8, 4) is 0 Å². The van der Waals surface area contributed by atoms with Crippen LogP contribution < -0.4 is 10.0 Å². The lowest BCUT2D eigenvalue weighted by atomic mass is 9.98. The fourth-order valence-electron chi connectivity index (χ4n) is 1.33. The van der Waals surface area contributed by atoms with Crippen LogP contribution in [0.25, 0.3) is 0 Å². The Morgan fingerprint density at radius 3 is 2.06 bits per heavy atom. The van der Waals surface area contributed by atoms with Crippen LogP contribution in [-0.2, 0) is 10.0 Å². The van der Waals surface area contributed by atoms with Gasteiger partial charge in [-0.05, 0) is 32.7 Å². The lowest BCUT2D eigenvalue weighted by Gasteiger charge is -2.27. The third-order valence-electron chi connectivity index (χ3n) is 2.94. The molecule has 0 amide bonds. The average molecular weight is 250 g/mol. The Balaban J connectivity index is 4.14. The molecule has 4 nitrogen and oxygen atoms in total. The van der Waals surface area contributed by atoms with Gasteiger partial charge in [0, 0.05) is 12.1 Å². The van der Waals surface area contributed by atoms with Crippen LogP contribution in [0.3, 0.4) is 0 Å². The summed E-state index contributed by atoms with van der Waals surface area (Å²) in [6, 6.07) is 0. The first kappa shape index (κ1) is 15.9. The molecule has 0 heterocycles. The van der Waals surface area contributed by atoms with E-state index in [1.807, 2.05) is 20.8 Å². The summed E-state index contributed by atoms with van der Waals surface area (Å²) in [6.07, 6.45) is 2.64. The van der Waals surface area contributed by atoms with E-state index in [4.69, 9.17) is 0 Å². The minimum Gasteiger partial charge on any atom is -0.316 e. The number of sulfonamides is 1. The Bertz CT molecular complexity index is 272. The Kier molecular flexibility index (Phi) is 7.19. The summed E-state index contributed by atoms with van der Waals surface area (Å²) in [5.41, 5.74) is -0.302. The smallest absolute Gasteiger partial charge is 0.213 e. The maximum atomic E-state index is 11.8. The molecule has 0 radical (unpaired) electrons. The van der Waals surface area contributed by atoms with E-state index >= 15 is 0 Å². The molecule has 0 spiro atoms. The van der Waals surface area contributed by atoms with Gasteiger partial charge in [0.25, 0.3) is 0 Å². The summed E-state index contributed by atoms with van der Waals surface area (Å²) in [4.78, 5) is 0. The van der Waals surface area contributed by atoms with Gasteiger partial charge >= 0.3 is 0 Å². The van der Waals surface area contributed by atoms with Crippen molar-refractivity contribution in [1.29, 1.82) is 0 Å². The van der Waals surface area contributed by atoms with Gasteiger partial charge in [-0.15, -0.1) is 0 Å². The fourth-order valence-corrected chi connectivity index (χ4v) is 2.88. The first-order valence-corrected chi connectivity index (χ1v) is 7.76. The minimum atomic E-state index is -3.16. The van der Waals surface area contributed by atoms with Crippen LogP contribution in [0, 0.1) is 0 Å². The number of hydrogen-bond acceptors (Lipinski definition) is 3. The van der Waals surface area contributed by atoms with Gasteiger partial charge in [-0.3, -0.25) is 0 Å². The van der Waals surface area contributed by atoms with Crippen LogP contribution in [0.5, 0.6) is 0 Å². The third-order valence-corrected chi connectivity index (χ3v) is 4.48. The molecule has 0 aliphatic rings. The van der Waals surface area contributed by atoms with E-state index in [1.54, 1.807) is 0 Å². The molecule has 0 aromatic rings. The molecular weight excluding hydrogens is 224 g/mol. The number of hydrogen-bond donors (Lipinski definition) is 2. The predicted molar refractivity (Wildman–Crippen MR) is 69.1 cm³/mol. The Hall–Kier alpha value is -0.130. The zero-order chi connectivity index (χ0) is 12.7. The third kappa shape index (κ3) is 6.45. The molecule has 0 unspecified atom stereocenters. The molecular formula is C11H26N2O2S. The second-order valence-corrected chi connectivity index (χ2v) is 6.28. The van der Waals surface area contributed by atoms with E-state index in [9.17, 15) is 8.42 Å². The van der Waals surface area contributed by atoms with Gasteiger partial charge in [-0.25, -0.2) is 13.1 Å². The summed E-state index contributed by atoms with van der Waals surface area (Å²) in [6.45, 7) is 9.40. The highest BCUT2D eigenvalue weighted by molar-refractivity contribution is 7.89. The van der Waals surface area contributed by atoms with E-state index in [0.29, 0.717) is 6.54 Å². The van der Waals surface area contributed by atoms with E-state index in [-0.39, 0.29) is 11.3 Å². The summed E-state index contributed by atoms with van der Waals surface area (Å²) < 4.78 is 26.3. The molecule has 5 heteroatoms. The lowest BCUT2D eigenvalue weighted by Crippen LogP contribution is -2.47. The van der Waals surface area contributed by atoms with Crippen molar-refractivity contribution in [3.63, 3.8) is 0 Å². The van der Waals surface area contributed by atoms with E-state index in [1.165, 1.54) is 0 Å². The highest BCUT2D eigenvalue weighted by Gasteiger charge is 2.25. The van der Waals surface area contributed by atoms with Crippen LogP contribution in [0.2, 0.25) is 0 Å². The second-order valence-electron chi connectivity index (χ2n) is 4.44. The van der Waals surface area contributed by atoms with E-state index < -0.39 is 10.0 Å². The maximum Gasteiger partial charge on any atom is 0.213 e. The molecule has 98 valence electrons. The van der Waals surface area contributed by atoms with Gasteiger partial charge in [-0.2, -0.15) is 0 Å². The zero-order valence-electron chi connectivity index (χ0n) is 11.0. The van der Waals surface area contributed by atoms with Crippen LogP contribution in [0.4, 0.5) is 0 Å². The van der Waals surface area contributed by atoms with Crippen molar-refractivity contribution in [2.75, 3.05) is 18.8 Å². The molecule has 16 heavy (non-hydrogen) atoms. The van der Waals surface area contributed by atoms with Gasteiger partial charge in [-0.1, -0.05) is 20.8 Å². The van der Waals surface area contributed by atoms with Crippen molar-refractivity contribution in [3.05, 3.63) is 0 Å². The largest absolute Gasteiger partial charge is 0.316 e. The summed E-state index contributed by atoms with van der Waals surface area (Å²) in [5, 5.41) is 3.09. The quantitative estimate of drug-likeness (QED) is 0.610. The van der Waals surface area contributed by atoms with Crippen molar-refractivity contribution >= 4 is 10.0 Å². The zero-order valence-corrected chi connectivity index (χ0v) is 11.8. The minimum absolute atomic E-state index is 0.155. The fraction of sp³-hybridized carbons (Fsp3) is 1.00. The van der Waals surface area contributed by atoms with E-state index in [2.05, 4.69) is 17.0 Å². The molecule has 0 aromatic heterocycles. The standard InChI is InChI=1S/C11H26N2O2S/c1-5-8-12-9-10-16(14,15)13-11(4,6-2)7-3/h12-13H,5-10H2,1-4H3. The molecule has 0 aromatic carbocycles. The van der Waals surface area contributed by atoms with Crippen molar-refractivity contribution in [2.45, 2.75) is 52.5 Å². The SMILES string of the molecule is CCCNCCS(=O)(=O)NC(C)(CC)CC. The predicted octanol–water partition coefficient (Wildman–Crippen LogP) is 1.48. The summed E-state index contributed by atoms with van der Waals surface area (Å²) in [7, 11) is -3.16. The normalized spacial score (nSPS) is 13.0. The van der Waals surface area contributed by atoms with Crippen LogP contribution in [0.1, 0.15) is 47.0 Å².